The fourth-order valence-corrected chi connectivity index (χ4v) is 3.83. The molecular formula is C23H25BrN2O4. The molecule has 2 aromatic rings. The van der Waals surface area contributed by atoms with Crippen LogP contribution in [0, 0.1) is 0 Å². The van der Waals surface area contributed by atoms with Crippen LogP contribution in [0.1, 0.15) is 23.6 Å². The second kappa shape index (κ2) is 9.45. The number of nitrogens with zero attached hydrogens (tertiary/aromatic N) is 2. The molecule has 0 spiro atoms. The number of rotatable bonds is 7. The highest BCUT2D eigenvalue weighted by Crippen LogP contribution is 2.39. The number of hydrogen-bond donors (Lipinski definition) is 1. The zero-order valence-corrected chi connectivity index (χ0v) is 18.8. The van der Waals surface area contributed by atoms with E-state index in [0.29, 0.717) is 17.9 Å². The van der Waals surface area contributed by atoms with Gasteiger partial charge in [0.15, 0.2) is 0 Å². The minimum atomic E-state index is -0.666. The minimum absolute atomic E-state index is 0.109. The first kappa shape index (κ1) is 22.1. The molecule has 0 radical (unpaired) electrons. The highest BCUT2D eigenvalue weighted by atomic mass is 79.9. The lowest BCUT2D eigenvalue weighted by molar-refractivity contribution is -0.139. The van der Waals surface area contributed by atoms with Crippen LogP contribution in [0.2, 0.25) is 0 Å². The van der Waals surface area contributed by atoms with Crippen molar-refractivity contribution in [1.82, 2.24) is 9.80 Å². The number of benzene rings is 2. The average molecular weight is 473 g/mol. The Labute approximate surface area is 184 Å². The van der Waals surface area contributed by atoms with Crippen LogP contribution in [0.15, 0.2) is 58.6 Å². The van der Waals surface area contributed by atoms with Gasteiger partial charge in [0.25, 0.3) is 11.7 Å². The number of Topliss-reactive ketones (excluding diaryl/α,β-unsaturated/α-hetero) is 1. The van der Waals surface area contributed by atoms with Gasteiger partial charge in [-0.25, -0.2) is 0 Å². The summed E-state index contributed by atoms with van der Waals surface area (Å²) in [5.41, 5.74) is 1.35. The Kier molecular flexibility index (Phi) is 6.95. The second-order valence-corrected chi connectivity index (χ2v) is 8.35. The molecule has 1 unspecified atom stereocenters. The summed E-state index contributed by atoms with van der Waals surface area (Å²) in [5, 5.41) is 11.0. The Morgan fingerprint density at radius 1 is 1.10 bits per heavy atom. The van der Waals surface area contributed by atoms with Crippen LogP contribution in [-0.2, 0) is 9.59 Å². The fourth-order valence-electron chi connectivity index (χ4n) is 3.56. The number of ether oxygens (including phenoxy) is 1. The summed E-state index contributed by atoms with van der Waals surface area (Å²) < 4.78 is 6.05. The average Bonchev–Trinajstić information content (AvgIpc) is 2.98. The van der Waals surface area contributed by atoms with Crippen LogP contribution in [-0.4, -0.2) is 60.9 Å². The molecule has 0 aromatic heterocycles. The van der Waals surface area contributed by atoms with Crippen LogP contribution in [0.25, 0.3) is 5.76 Å². The minimum Gasteiger partial charge on any atom is -0.507 e. The molecule has 0 aliphatic carbocycles. The maximum atomic E-state index is 12.9. The molecule has 1 aliphatic heterocycles. The molecular weight excluding hydrogens is 448 g/mol. The molecule has 7 heteroatoms. The largest absolute Gasteiger partial charge is 0.507 e. The molecule has 1 saturated heterocycles. The molecule has 2 aromatic carbocycles. The molecule has 3 rings (SSSR count). The molecule has 1 aliphatic rings. The predicted molar refractivity (Wildman–Crippen MR) is 119 cm³/mol. The molecule has 1 atom stereocenters. The van der Waals surface area contributed by atoms with Crippen molar-refractivity contribution in [1.29, 1.82) is 0 Å². The van der Waals surface area contributed by atoms with Gasteiger partial charge >= 0.3 is 0 Å². The van der Waals surface area contributed by atoms with Gasteiger partial charge in [0.05, 0.1) is 18.7 Å². The number of hydrogen-bond acceptors (Lipinski definition) is 5. The van der Waals surface area contributed by atoms with Crippen molar-refractivity contribution in [2.24, 2.45) is 0 Å². The quantitative estimate of drug-likeness (QED) is 0.376. The van der Waals surface area contributed by atoms with Gasteiger partial charge in [0.2, 0.25) is 0 Å². The van der Waals surface area contributed by atoms with E-state index >= 15 is 0 Å². The number of halogens is 1. The maximum absolute atomic E-state index is 12.9. The first-order valence-electron chi connectivity index (χ1n) is 9.66. The number of aliphatic hydroxyl groups excluding tert-OH is 1. The van der Waals surface area contributed by atoms with Crippen molar-refractivity contribution >= 4 is 33.4 Å². The van der Waals surface area contributed by atoms with Crippen molar-refractivity contribution < 1.29 is 19.4 Å². The third-order valence-electron chi connectivity index (χ3n) is 5.09. The number of amides is 1. The van der Waals surface area contributed by atoms with Crippen LogP contribution in [0.3, 0.4) is 0 Å². The van der Waals surface area contributed by atoms with Crippen molar-refractivity contribution in [3.05, 3.63) is 69.7 Å². The van der Waals surface area contributed by atoms with Gasteiger partial charge in [-0.3, -0.25) is 9.59 Å². The number of methoxy groups -OCH3 is 1. The Morgan fingerprint density at radius 2 is 1.73 bits per heavy atom. The molecule has 158 valence electrons. The van der Waals surface area contributed by atoms with E-state index in [1.54, 1.807) is 36.3 Å². The molecule has 1 heterocycles. The molecule has 6 nitrogen and oxygen atoms in total. The van der Waals surface area contributed by atoms with Gasteiger partial charge in [-0.1, -0.05) is 28.1 Å². The molecule has 1 fully saturated rings. The first-order valence-corrected chi connectivity index (χ1v) is 10.5. The van der Waals surface area contributed by atoms with Crippen molar-refractivity contribution in [2.45, 2.75) is 12.5 Å². The van der Waals surface area contributed by atoms with Gasteiger partial charge in [0, 0.05) is 16.6 Å². The zero-order chi connectivity index (χ0) is 21.8. The predicted octanol–water partition coefficient (Wildman–Crippen LogP) is 3.83. The van der Waals surface area contributed by atoms with Gasteiger partial charge in [-0.15, -0.1) is 0 Å². The Balaban J connectivity index is 2.06. The topological polar surface area (TPSA) is 70.1 Å². The van der Waals surface area contributed by atoms with Crippen molar-refractivity contribution in [3.63, 3.8) is 0 Å². The summed E-state index contributed by atoms with van der Waals surface area (Å²) >= 11 is 3.42. The molecule has 30 heavy (non-hydrogen) atoms. The Hall–Kier alpha value is -2.64. The van der Waals surface area contributed by atoms with E-state index in [1.807, 2.05) is 43.3 Å². The maximum Gasteiger partial charge on any atom is 0.295 e. The number of carbonyl (C=O) groups excluding carboxylic acids is 2. The fraction of sp³-hybridized carbons (Fsp3) is 0.304. The van der Waals surface area contributed by atoms with E-state index in [0.717, 1.165) is 23.0 Å². The summed E-state index contributed by atoms with van der Waals surface area (Å²) in [6.45, 7) is 1.21. The SMILES string of the molecule is COc1ccc(C(O)=C2C(=O)C(=O)N(CCCN(C)C)C2c2ccc(Br)cc2)cc1. The zero-order valence-electron chi connectivity index (χ0n) is 17.3. The summed E-state index contributed by atoms with van der Waals surface area (Å²) in [7, 11) is 5.48. The Morgan fingerprint density at radius 3 is 2.30 bits per heavy atom. The summed E-state index contributed by atoms with van der Waals surface area (Å²) in [5.74, 6) is -0.794. The number of aliphatic hydroxyl groups is 1. The van der Waals surface area contributed by atoms with Crippen LogP contribution in [0.4, 0.5) is 0 Å². The lowest BCUT2D eigenvalue weighted by Crippen LogP contribution is -2.32. The van der Waals surface area contributed by atoms with Gasteiger partial charge in [0.1, 0.15) is 11.5 Å². The van der Waals surface area contributed by atoms with Gasteiger partial charge in [-0.05, 0) is 69.0 Å². The summed E-state index contributed by atoms with van der Waals surface area (Å²) in [4.78, 5) is 29.4. The smallest absolute Gasteiger partial charge is 0.295 e. The van der Waals surface area contributed by atoms with E-state index in [4.69, 9.17) is 4.74 Å². The summed E-state index contributed by atoms with van der Waals surface area (Å²) in [6.07, 6.45) is 0.718. The normalized spacial score (nSPS) is 18.3. The number of carbonyl (C=O) groups is 2. The van der Waals surface area contributed by atoms with Gasteiger partial charge < -0.3 is 19.6 Å². The Bertz CT molecular complexity index is 952. The van der Waals surface area contributed by atoms with Gasteiger partial charge in [-0.2, -0.15) is 0 Å². The standard InChI is InChI=1S/C23H25BrN2O4/c1-25(2)13-4-14-26-20(15-5-9-17(24)10-6-15)19(22(28)23(26)29)21(27)16-7-11-18(30-3)12-8-16/h5-12,20,27H,4,13-14H2,1-3H3. The third-order valence-corrected chi connectivity index (χ3v) is 5.62. The molecule has 1 N–H and O–H groups in total. The molecule has 1 amide bonds. The molecule has 0 saturated carbocycles. The van der Waals surface area contributed by atoms with Crippen LogP contribution >= 0.6 is 15.9 Å². The lowest BCUT2D eigenvalue weighted by atomic mass is 9.95. The third kappa shape index (κ3) is 4.57. The summed E-state index contributed by atoms with van der Waals surface area (Å²) in [6, 6.07) is 13.6. The molecule has 0 bridgehead atoms. The van der Waals surface area contributed by atoms with Crippen molar-refractivity contribution in [3.8, 4) is 5.75 Å². The van der Waals surface area contributed by atoms with E-state index in [9.17, 15) is 14.7 Å². The monoisotopic (exact) mass is 472 g/mol. The highest BCUT2D eigenvalue weighted by molar-refractivity contribution is 9.10. The van der Waals surface area contributed by atoms with E-state index in [-0.39, 0.29) is 11.3 Å². The van der Waals surface area contributed by atoms with Crippen LogP contribution in [0.5, 0.6) is 5.75 Å². The van der Waals surface area contributed by atoms with E-state index in [1.165, 1.54) is 0 Å². The first-order chi connectivity index (χ1) is 14.3. The highest BCUT2D eigenvalue weighted by Gasteiger charge is 2.45. The number of likely N-dealkylation sites (tertiary alicyclic amines) is 1. The lowest BCUT2D eigenvalue weighted by Gasteiger charge is -2.26. The van der Waals surface area contributed by atoms with Crippen molar-refractivity contribution in [2.75, 3.05) is 34.3 Å². The number of ketones is 1. The second-order valence-electron chi connectivity index (χ2n) is 7.43. The van der Waals surface area contributed by atoms with E-state index < -0.39 is 17.7 Å². The van der Waals surface area contributed by atoms with E-state index in [2.05, 4.69) is 15.9 Å². The van der Waals surface area contributed by atoms with Crippen LogP contribution < -0.4 is 4.74 Å².